The largest absolute Gasteiger partial charge is 0.365 e. The summed E-state index contributed by atoms with van der Waals surface area (Å²) in [5, 5.41) is 0. The number of amides is 1. The Morgan fingerprint density at radius 1 is 1.29 bits per heavy atom. The molecule has 3 heterocycles. The van der Waals surface area contributed by atoms with Crippen molar-refractivity contribution in [3.63, 3.8) is 0 Å². The van der Waals surface area contributed by atoms with Gasteiger partial charge in [-0.2, -0.15) is 0 Å². The molecular weight excluding hydrogens is 300 g/mol. The molecule has 24 heavy (non-hydrogen) atoms. The van der Waals surface area contributed by atoms with Gasteiger partial charge in [0.05, 0.1) is 5.56 Å². The van der Waals surface area contributed by atoms with Crippen LogP contribution in [0.25, 0.3) is 0 Å². The van der Waals surface area contributed by atoms with E-state index in [1.54, 1.807) is 18.3 Å². The number of piperidine rings is 1. The molecule has 0 saturated carbocycles. The molecule has 5 nitrogen and oxygen atoms in total. The van der Waals surface area contributed by atoms with E-state index in [1.165, 1.54) is 25.8 Å². The van der Waals surface area contributed by atoms with E-state index in [9.17, 15) is 4.79 Å². The van der Waals surface area contributed by atoms with Gasteiger partial charge in [-0.25, -0.2) is 4.98 Å². The third-order valence-corrected chi connectivity index (χ3v) is 5.23. The first-order chi connectivity index (χ1) is 11.3. The van der Waals surface area contributed by atoms with Crippen LogP contribution in [0.5, 0.6) is 0 Å². The minimum absolute atomic E-state index is 0.329. The molecule has 0 unspecified atom stereocenters. The first-order valence-electron chi connectivity index (χ1n) is 9.00. The number of carbonyl (C=O) groups excluding carboxylic acids is 1. The van der Waals surface area contributed by atoms with Gasteiger partial charge in [0.1, 0.15) is 5.82 Å². The van der Waals surface area contributed by atoms with Crippen molar-refractivity contribution in [3.05, 3.63) is 23.9 Å². The van der Waals surface area contributed by atoms with E-state index in [-0.39, 0.29) is 0 Å². The average molecular weight is 330 g/mol. The Morgan fingerprint density at radius 3 is 2.79 bits per heavy atom. The topological polar surface area (TPSA) is 62.5 Å². The Hall–Kier alpha value is -1.62. The summed E-state index contributed by atoms with van der Waals surface area (Å²) in [5.41, 5.74) is 6.73. The van der Waals surface area contributed by atoms with E-state index in [0.29, 0.717) is 16.4 Å². The molecule has 0 aliphatic carbocycles. The molecule has 2 aliphatic rings. The van der Waals surface area contributed by atoms with Crippen molar-refractivity contribution in [3.8, 4) is 0 Å². The number of rotatable bonds is 3. The zero-order valence-corrected chi connectivity index (χ0v) is 15.2. The van der Waals surface area contributed by atoms with Gasteiger partial charge < -0.3 is 15.5 Å². The molecule has 2 aliphatic heterocycles. The van der Waals surface area contributed by atoms with Crippen LogP contribution in [0.4, 0.5) is 5.82 Å². The van der Waals surface area contributed by atoms with Crippen LogP contribution in [0.1, 0.15) is 50.4 Å². The van der Waals surface area contributed by atoms with Gasteiger partial charge in [-0.15, -0.1) is 0 Å². The first-order valence-corrected chi connectivity index (χ1v) is 9.00. The predicted molar refractivity (Wildman–Crippen MR) is 97.1 cm³/mol. The minimum atomic E-state index is -0.392. The number of hydrogen-bond acceptors (Lipinski definition) is 4. The Balaban J connectivity index is 1.74. The first kappa shape index (κ1) is 17.2. The molecule has 2 N–H and O–H groups in total. The second kappa shape index (κ2) is 6.36. The summed E-state index contributed by atoms with van der Waals surface area (Å²) in [4.78, 5) is 21.0. The number of pyridine rings is 1. The average Bonchev–Trinajstić information content (AvgIpc) is 2.89. The molecule has 1 atom stereocenters. The van der Waals surface area contributed by atoms with E-state index in [2.05, 4.69) is 35.6 Å². The molecule has 5 heteroatoms. The highest BCUT2D eigenvalue weighted by molar-refractivity contribution is 5.97. The maximum absolute atomic E-state index is 11.7. The van der Waals surface area contributed by atoms with Gasteiger partial charge >= 0.3 is 0 Å². The number of aromatic nitrogens is 1. The van der Waals surface area contributed by atoms with Crippen molar-refractivity contribution >= 4 is 11.7 Å². The Labute approximate surface area is 145 Å². The molecule has 1 aromatic heterocycles. The summed E-state index contributed by atoms with van der Waals surface area (Å²) in [7, 11) is 0. The number of nitrogens with zero attached hydrogens (tertiary/aromatic N) is 3. The van der Waals surface area contributed by atoms with E-state index >= 15 is 0 Å². The molecule has 1 amide bonds. The quantitative estimate of drug-likeness (QED) is 0.925. The Morgan fingerprint density at radius 2 is 2.08 bits per heavy atom. The zero-order chi connectivity index (χ0) is 17.4. The summed E-state index contributed by atoms with van der Waals surface area (Å²) < 4.78 is 0. The number of primary amides is 1. The highest BCUT2D eigenvalue weighted by Crippen LogP contribution is 2.41. The van der Waals surface area contributed by atoms with Gasteiger partial charge in [0.25, 0.3) is 5.91 Å². The van der Waals surface area contributed by atoms with Crippen LogP contribution in [0.15, 0.2) is 18.3 Å². The standard InChI is InChI=1S/C19H30N4O/c1-18(2,3)12-22-10-5-7-19(13-22)8-11-23(14-19)17-15(16(20)24)6-4-9-21-17/h4,6,9H,5,7-8,10-14H2,1-3H3,(H2,20,24)/t19-/m1/s1. The lowest BCUT2D eigenvalue weighted by molar-refractivity contribution is 0.0767. The summed E-state index contributed by atoms with van der Waals surface area (Å²) in [6.45, 7) is 12.4. The van der Waals surface area contributed by atoms with Crippen LogP contribution in [0, 0.1) is 10.8 Å². The zero-order valence-electron chi connectivity index (χ0n) is 15.2. The summed E-state index contributed by atoms with van der Waals surface area (Å²) >= 11 is 0. The van der Waals surface area contributed by atoms with Crippen LogP contribution < -0.4 is 10.6 Å². The normalized spacial score (nSPS) is 25.4. The van der Waals surface area contributed by atoms with Gasteiger partial charge in [-0.1, -0.05) is 20.8 Å². The summed E-state index contributed by atoms with van der Waals surface area (Å²) in [5.74, 6) is 0.367. The maximum atomic E-state index is 11.7. The van der Waals surface area contributed by atoms with Crippen LogP contribution in [-0.2, 0) is 0 Å². The molecule has 1 spiro atoms. The molecule has 3 rings (SSSR count). The highest BCUT2D eigenvalue weighted by Gasteiger charge is 2.42. The predicted octanol–water partition coefficient (Wildman–Crippen LogP) is 2.52. The number of carbonyl (C=O) groups is 1. The maximum Gasteiger partial charge on any atom is 0.252 e. The number of hydrogen-bond donors (Lipinski definition) is 1. The lowest BCUT2D eigenvalue weighted by atomic mass is 9.78. The summed E-state index contributed by atoms with van der Waals surface area (Å²) in [6, 6.07) is 3.56. The van der Waals surface area contributed by atoms with Crippen molar-refractivity contribution in [1.29, 1.82) is 0 Å². The van der Waals surface area contributed by atoms with Crippen molar-refractivity contribution in [2.24, 2.45) is 16.6 Å². The van der Waals surface area contributed by atoms with Crippen molar-refractivity contribution in [2.75, 3.05) is 37.6 Å². The molecule has 132 valence electrons. The Bertz CT molecular complexity index is 610. The van der Waals surface area contributed by atoms with Gasteiger partial charge in [-0.3, -0.25) is 4.79 Å². The van der Waals surface area contributed by atoms with Crippen molar-refractivity contribution in [1.82, 2.24) is 9.88 Å². The smallest absolute Gasteiger partial charge is 0.252 e. The van der Waals surface area contributed by atoms with Crippen LogP contribution in [0.2, 0.25) is 0 Å². The van der Waals surface area contributed by atoms with Crippen LogP contribution in [0.3, 0.4) is 0 Å². The molecule has 2 saturated heterocycles. The highest BCUT2D eigenvalue weighted by atomic mass is 16.1. The van der Waals surface area contributed by atoms with Crippen LogP contribution >= 0.6 is 0 Å². The third kappa shape index (κ3) is 3.72. The fraction of sp³-hybridized carbons (Fsp3) is 0.684. The van der Waals surface area contributed by atoms with Gasteiger partial charge in [0.2, 0.25) is 0 Å². The lowest BCUT2D eigenvalue weighted by Gasteiger charge is -2.42. The summed E-state index contributed by atoms with van der Waals surface area (Å²) in [6.07, 6.45) is 5.44. The SMILES string of the molecule is CC(C)(C)CN1CCC[C@@]2(CCN(c3ncccc3C(N)=O)C2)C1. The van der Waals surface area contributed by atoms with Gasteiger partial charge in [-0.05, 0) is 43.4 Å². The van der Waals surface area contributed by atoms with Gasteiger partial charge in [0.15, 0.2) is 0 Å². The molecular formula is C19H30N4O. The second-order valence-corrected chi connectivity index (χ2v) is 8.79. The van der Waals surface area contributed by atoms with Crippen molar-refractivity contribution < 1.29 is 4.79 Å². The van der Waals surface area contributed by atoms with Gasteiger partial charge in [0, 0.05) is 37.8 Å². The van der Waals surface area contributed by atoms with Crippen LogP contribution in [-0.4, -0.2) is 48.5 Å². The monoisotopic (exact) mass is 330 g/mol. The molecule has 0 aromatic carbocycles. The van der Waals surface area contributed by atoms with Crippen molar-refractivity contribution in [2.45, 2.75) is 40.0 Å². The Kier molecular flexibility index (Phi) is 4.56. The molecule has 2 fully saturated rings. The minimum Gasteiger partial charge on any atom is -0.365 e. The van der Waals surface area contributed by atoms with E-state index in [1.807, 2.05) is 0 Å². The van der Waals surface area contributed by atoms with E-state index in [4.69, 9.17) is 5.73 Å². The number of likely N-dealkylation sites (tertiary alicyclic amines) is 1. The fourth-order valence-electron chi connectivity index (χ4n) is 4.41. The molecule has 0 radical (unpaired) electrons. The van der Waals surface area contributed by atoms with E-state index < -0.39 is 5.91 Å². The second-order valence-electron chi connectivity index (χ2n) is 8.79. The molecule has 0 bridgehead atoms. The van der Waals surface area contributed by atoms with E-state index in [0.717, 1.165) is 32.0 Å². The fourth-order valence-corrected chi connectivity index (χ4v) is 4.41. The number of nitrogens with two attached hydrogens (primary N) is 1. The number of anilines is 1. The third-order valence-electron chi connectivity index (χ3n) is 5.23. The molecule has 1 aromatic rings. The lowest BCUT2D eigenvalue weighted by Crippen LogP contribution is -2.47.